The minimum absolute atomic E-state index is 0.0185. The number of nitrogens with two attached hydrogens (primary N) is 1. The first-order valence-corrected chi connectivity index (χ1v) is 26.1. The van der Waals surface area contributed by atoms with Crippen molar-refractivity contribution in [3.8, 4) is 0 Å². The summed E-state index contributed by atoms with van der Waals surface area (Å²) in [5.74, 6) is -1.87. The largest absolute Gasteiger partial charge is 0.480 e. The highest BCUT2D eigenvalue weighted by Crippen LogP contribution is 2.43. The lowest BCUT2D eigenvalue weighted by Crippen LogP contribution is -2.34. The maximum atomic E-state index is 12.6. The van der Waals surface area contributed by atoms with E-state index in [1.807, 2.05) is 12.2 Å². The first-order chi connectivity index (χ1) is 30.7. The summed E-state index contributed by atoms with van der Waals surface area (Å²) in [7, 11) is -4.65. The van der Waals surface area contributed by atoms with Crippen LogP contribution in [0.15, 0.2) is 85.1 Å². The van der Waals surface area contributed by atoms with E-state index in [2.05, 4.69) is 86.8 Å². The van der Waals surface area contributed by atoms with Gasteiger partial charge < -0.3 is 25.2 Å². The fourth-order valence-corrected chi connectivity index (χ4v) is 7.17. The number of phosphoric acid groups is 1. The molecule has 4 N–H and O–H groups in total. The number of ether oxygens (including phenoxy) is 2. The normalized spacial score (nSPS) is 14.5. The summed E-state index contributed by atoms with van der Waals surface area (Å²) in [6.45, 7) is 3.67. The van der Waals surface area contributed by atoms with Crippen molar-refractivity contribution in [1.29, 1.82) is 0 Å². The molecule has 0 aliphatic heterocycles. The predicted molar refractivity (Wildman–Crippen MR) is 263 cm³/mol. The van der Waals surface area contributed by atoms with Gasteiger partial charge in [0.2, 0.25) is 0 Å². The summed E-state index contributed by atoms with van der Waals surface area (Å²) >= 11 is 0. The highest BCUT2D eigenvalue weighted by molar-refractivity contribution is 7.47. The number of allylic oxidation sites excluding steroid dienone is 14. The van der Waals surface area contributed by atoms with Crippen LogP contribution in [0.4, 0.5) is 0 Å². The van der Waals surface area contributed by atoms with Crippen molar-refractivity contribution in [3.05, 3.63) is 85.1 Å². The lowest BCUT2D eigenvalue weighted by molar-refractivity contribution is -0.154. The van der Waals surface area contributed by atoms with E-state index < -0.39 is 45.1 Å². The third kappa shape index (κ3) is 46.9. The first kappa shape index (κ1) is 60.2. The molecule has 0 saturated heterocycles. The molecule has 3 atom stereocenters. The predicted octanol–water partition coefficient (Wildman–Crippen LogP) is 14.3. The Hall–Kier alpha value is -2.85. The SMILES string of the molecule is CC/C=C\C/C=C\C/C=C\C/C=C\C/C=C\C/C=C\CCC(=O)OC(COCCCCCCCCCCCC/C=C\CCCCCCCCCC)COP(=O)(O)OCC(N)C(=O)O. The second-order valence-electron chi connectivity index (χ2n) is 16.2. The molecule has 11 heteroatoms. The lowest BCUT2D eigenvalue weighted by Gasteiger charge is -2.20. The summed E-state index contributed by atoms with van der Waals surface area (Å²) in [4.78, 5) is 33.6. The van der Waals surface area contributed by atoms with Crippen molar-refractivity contribution < 1.29 is 42.7 Å². The number of hydrogen-bond donors (Lipinski definition) is 3. The number of rotatable bonds is 46. The van der Waals surface area contributed by atoms with Gasteiger partial charge in [0.15, 0.2) is 0 Å². The second-order valence-corrected chi connectivity index (χ2v) is 17.7. The van der Waals surface area contributed by atoms with Gasteiger partial charge in [0, 0.05) is 13.0 Å². The summed E-state index contributed by atoms with van der Waals surface area (Å²) < 4.78 is 33.4. The molecule has 0 spiro atoms. The third-order valence-corrected chi connectivity index (χ3v) is 11.1. The van der Waals surface area contributed by atoms with Gasteiger partial charge in [-0.1, -0.05) is 195 Å². The zero-order valence-electron chi connectivity index (χ0n) is 39.6. The molecule has 3 unspecified atom stereocenters. The van der Waals surface area contributed by atoms with Crippen molar-refractivity contribution in [2.45, 2.75) is 206 Å². The molecule has 0 aliphatic rings. The van der Waals surface area contributed by atoms with E-state index in [4.69, 9.17) is 29.4 Å². The molecule has 63 heavy (non-hydrogen) atoms. The fourth-order valence-electron chi connectivity index (χ4n) is 6.39. The maximum Gasteiger partial charge on any atom is 0.472 e. The topological polar surface area (TPSA) is 155 Å². The first-order valence-electron chi connectivity index (χ1n) is 24.6. The quantitative estimate of drug-likeness (QED) is 0.0233. The Morgan fingerprint density at radius 2 is 0.921 bits per heavy atom. The molecule has 0 aromatic heterocycles. The van der Waals surface area contributed by atoms with Crippen LogP contribution >= 0.6 is 7.82 Å². The number of carbonyl (C=O) groups is 2. The Kier molecular flexibility index (Phi) is 45.0. The minimum atomic E-state index is -4.65. The van der Waals surface area contributed by atoms with E-state index in [-0.39, 0.29) is 13.0 Å². The van der Waals surface area contributed by atoms with Gasteiger partial charge in [-0.05, 0) is 77.0 Å². The highest BCUT2D eigenvalue weighted by atomic mass is 31.2. The number of aliphatic carboxylic acids is 1. The molecule has 0 amide bonds. The number of carboxylic acids is 1. The van der Waals surface area contributed by atoms with Crippen molar-refractivity contribution in [2.24, 2.45) is 5.73 Å². The maximum absolute atomic E-state index is 12.6. The Morgan fingerprint density at radius 1 is 0.524 bits per heavy atom. The van der Waals surface area contributed by atoms with E-state index in [9.17, 15) is 19.0 Å². The summed E-state index contributed by atoms with van der Waals surface area (Å²) in [5.41, 5.74) is 5.36. The molecule has 0 rings (SSSR count). The number of carbonyl (C=O) groups excluding carboxylic acids is 1. The zero-order chi connectivity index (χ0) is 46.2. The van der Waals surface area contributed by atoms with Crippen LogP contribution < -0.4 is 5.73 Å². The van der Waals surface area contributed by atoms with Crippen LogP contribution in [-0.4, -0.2) is 60.5 Å². The smallest absolute Gasteiger partial charge is 0.472 e. The van der Waals surface area contributed by atoms with E-state index >= 15 is 0 Å². The van der Waals surface area contributed by atoms with Gasteiger partial charge in [0.1, 0.15) is 12.1 Å². The average Bonchev–Trinajstić information content (AvgIpc) is 3.26. The van der Waals surface area contributed by atoms with E-state index in [0.29, 0.717) is 13.0 Å². The van der Waals surface area contributed by atoms with Crippen molar-refractivity contribution in [3.63, 3.8) is 0 Å². The van der Waals surface area contributed by atoms with Crippen LogP contribution in [0.3, 0.4) is 0 Å². The standard InChI is InChI=1S/C52H90NO9P/c1-3-5-7-9-11-13-15-17-19-21-23-24-25-27-29-31-33-35-37-39-41-43-45-59-46-49(47-60-63(57,58)61-48-50(53)52(55)56)62-51(54)44-42-40-38-36-34-32-30-28-26-22-20-18-16-14-12-10-8-6-4-2/h6,8,12,14,18,20-21,23,26,28,32,34,38,40,49-50H,3-5,7,9-11,13,15-17,19,22,24-25,27,29-31,33,35-37,39,41-48,53H2,1-2H3,(H,55,56)(H,57,58)/b8-6-,14-12-,20-18-,23-21-,28-26-,34-32-,40-38-. The van der Waals surface area contributed by atoms with E-state index in [0.717, 1.165) is 57.8 Å². The fraction of sp³-hybridized carbons (Fsp3) is 0.692. The Balaban J connectivity index is 4.28. The van der Waals surface area contributed by atoms with Crippen LogP contribution in [0, 0.1) is 0 Å². The molecule has 362 valence electrons. The average molecular weight is 904 g/mol. The Bertz CT molecular complexity index is 1320. The zero-order valence-corrected chi connectivity index (χ0v) is 40.5. The monoisotopic (exact) mass is 904 g/mol. The molecule has 0 bridgehead atoms. The van der Waals surface area contributed by atoms with Gasteiger partial charge in [-0.3, -0.25) is 18.6 Å². The van der Waals surface area contributed by atoms with Gasteiger partial charge in [-0.15, -0.1) is 0 Å². The van der Waals surface area contributed by atoms with Gasteiger partial charge >= 0.3 is 19.8 Å². The van der Waals surface area contributed by atoms with Crippen LogP contribution in [-0.2, 0) is 32.7 Å². The highest BCUT2D eigenvalue weighted by Gasteiger charge is 2.27. The van der Waals surface area contributed by atoms with Crippen molar-refractivity contribution >= 4 is 19.8 Å². The number of carboxylic acid groups (broad SMARTS) is 1. The van der Waals surface area contributed by atoms with Crippen LogP contribution in [0.25, 0.3) is 0 Å². The van der Waals surface area contributed by atoms with Gasteiger partial charge in [0.25, 0.3) is 0 Å². The van der Waals surface area contributed by atoms with Crippen LogP contribution in [0.1, 0.15) is 194 Å². The number of phosphoric ester groups is 1. The van der Waals surface area contributed by atoms with Crippen molar-refractivity contribution in [2.75, 3.05) is 26.4 Å². The molecule has 0 aromatic carbocycles. The van der Waals surface area contributed by atoms with E-state index in [1.54, 1.807) is 0 Å². The molecule has 0 fully saturated rings. The Morgan fingerprint density at radius 3 is 1.38 bits per heavy atom. The number of hydrogen-bond acceptors (Lipinski definition) is 8. The summed E-state index contributed by atoms with van der Waals surface area (Å²) in [6, 6.07) is -1.49. The third-order valence-electron chi connectivity index (χ3n) is 10.2. The molecule has 0 radical (unpaired) electrons. The Labute approximate surface area is 384 Å². The second kappa shape index (κ2) is 47.1. The number of esters is 1. The van der Waals surface area contributed by atoms with Gasteiger partial charge in [-0.25, -0.2) is 4.57 Å². The molecule has 0 aromatic rings. The summed E-state index contributed by atoms with van der Waals surface area (Å²) in [5, 5.41) is 8.92. The van der Waals surface area contributed by atoms with Crippen LogP contribution in [0.2, 0.25) is 0 Å². The van der Waals surface area contributed by atoms with E-state index in [1.165, 1.54) is 109 Å². The minimum Gasteiger partial charge on any atom is -0.480 e. The van der Waals surface area contributed by atoms with Gasteiger partial charge in [0.05, 0.1) is 19.8 Å². The molecule has 0 heterocycles. The lowest BCUT2D eigenvalue weighted by atomic mass is 10.1. The molecule has 0 aliphatic carbocycles. The summed E-state index contributed by atoms with van der Waals surface area (Å²) in [6.07, 6.45) is 60.9. The molecule has 10 nitrogen and oxygen atoms in total. The number of unbranched alkanes of at least 4 members (excludes halogenated alkanes) is 18. The van der Waals surface area contributed by atoms with Crippen LogP contribution in [0.5, 0.6) is 0 Å². The molecular formula is C52H90NO9P. The van der Waals surface area contributed by atoms with Gasteiger partial charge in [-0.2, -0.15) is 0 Å². The van der Waals surface area contributed by atoms with Crippen molar-refractivity contribution in [1.82, 2.24) is 0 Å². The molecule has 0 saturated carbocycles. The molecular weight excluding hydrogens is 814 g/mol.